The minimum absolute atomic E-state index is 0.159. The van der Waals surface area contributed by atoms with E-state index in [0.717, 1.165) is 25.7 Å². The summed E-state index contributed by atoms with van der Waals surface area (Å²) < 4.78 is 6.51. The van der Waals surface area contributed by atoms with Crippen LogP contribution in [0.25, 0.3) is 0 Å². The van der Waals surface area contributed by atoms with E-state index >= 15 is 0 Å². The molecule has 0 spiro atoms. The van der Waals surface area contributed by atoms with Crippen LogP contribution < -0.4 is 0 Å². The van der Waals surface area contributed by atoms with Crippen molar-refractivity contribution in [1.29, 1.82) is 0 Å². The van der Waals surface area contributed by atoms with Crippen LogP contribution in [0.2, 0.25) is 0 Å². The van der Waals surface area contributed by atoms with Crippen molar-refractivity contribution in [3.05, 3.63) is 24.3 Å². The maximum atomic E-state index is 6.51. The predicted molar refractivity (Wildman–Crippen MR) is 95.8 cm³/mol. The van der Waals surface area contributed by atoms with Crippen molar-refractivity contribution in [2.75, 3.05) is 0 Å². The molecule has 0 aliphatic carbocycles. The molecular formula is C20H38O. The van der Waals surface area contributed by atoms with Crippen LogP contribution in [0.3, 0.4) is 0 Å². The molecule has 0 heterocycles. The second-order valence-corrected chi connectivity index (χ2v) is 6.52. The van der Waals surface area contributed by atoms with E-state index in [4.69, 9.17) is 4.74 Å². The third kappa shape index (κ3) is 9.14. The Kier molecular flexibility index (Phi) is 10.8. The van der Waals surface area contributed by atoms with E-state index < -0.39 is 0 Å². The normalized spacial score (nSPS) is 18.2. The van der Waals surface area contributed by atoms with Gasteiger partial charge < -0.3 is 4.74 Å². The lowest BCUT2D eigenvalue weighted by Gasteiger charge is -2.36. The first-order valence-corrected chi connectivity index (χ1v) is 9.00. The molecule has 0 aromatic rings. The summed E-state index contributed by atoms with van der Waals surface area (Å²) >= 11 is 0. The zero-order chi connectivity index (χ0) is 16.2. The van der Waals surface area contributed by atoms with Crippen LogP contribution in [-0.2, 0) is 4.74 Å². The van der Waals surface area contributed by atoms with Gasteiger partial charge in [-0.3, -0.25) is 0 Å². The summed E-state index contributed by atoms with van der Waals surface area (Å²) in [6, 6.07) is 0. The molecule has 124 valence electrons. The molecule has 0 N–H and O–H groups in total. The molecule has 2 atom stereocenters. The van der Waals surface area contributed by atoms with Crippen molar-refractivity contribution in [3.63, 3.8) is 0 Å². The second kappa shape index (κ2) is 11.1. The first-order valence-electron chi connectivity index (χ1n) is 9.00. The molecule has 0 bridgehead atoms. The Bertz CT molecular complexity index is 275. The quantitative estimate of drug-likeness (QED) is 0.283. The van der Waals surface area contributed by atoms with Gasteiger partial charge in [0.25, 0.3) is 0 Å². The minimum Gasteiger partial charge on any atom is -0.361 e. The fourth-order valence-electron chi connectivity index (χ4n) is 2.29. The summed E-state index contributed by atoms with van der Waals surface area (Å²) in [6.45, 7) is 13.3. The van der Waals surface area contributed by atoms with Crippen LogP contribution in [0.1, 0.15) is 92.9 Å². The summed E-state index contributed by atoms with van der Waals surface area (Å²) in [5.74, 6) is 0. The Morgan fingerprint density at radius 1 is 0.714 bits per heavy atom. The largest absolute Gasteiger partial charge is 0.361 e. The molecular weight excluding hydrogens is 256 g/mol. The van der Waals surface area contributed by atoms with Crippen LogP contribution in [-0.4, -0.2) is 11.2 Å². The van der Waals surface area contributed by atoms with Gasteiger partial charge in [0.2, 0.25) is 0 Å². The van der Waals surface area contributed by atoms with E-state index in [0.29, 0.717) is 0 Å². The van der Waals surface area contributed by atoms with Gasteiger partial charge in [0, 0.05) is 0 Å². The van der Waals surface area contributed by atoms with Gasteiger partial charge in [-0.25, -0.2) is 0 Å². The van der Waals surface area contributed by atoms with Crippen molar-refractivity contribution in [2.45, 2.75) is 104 Å². The van der Waals surface area contributed by atoms with Crippen LogP contribution >= 0.6 is 0 Å². The molecule has 0 amide bonds. The molecule has 1 nitrogen and oxygen atoms in total. The molecule has 0 fully saturated rings. The monoisotopic (exact) mass is 294 g/mol. The molecule has 0 aromatic heterocycles. The van der Waals surface area contributed by atoms with E-state index in [1.165, 1.54) is 25.7 Å². The van der Waals surface area contributed by atoms with Gasteiger partial charge in [-0.15, -0.1) is 0 Å². The summed E-state index contributed by atoms with van der Waals surface area (Å²) in [5, 5.41) is 0. The van der Waals surface area contributed by atoms with Gasteiger partial charge in [0.15, 0.2) is 0 Å². The lowest BCUT2D eigenvalue weighted by atomic mass is 9.96. The van der Waals surface area contributed by atoms with Crippen LogP contribution in [0.5, 0.6) is 0 Å². The Balaban J connectivity index is 4.70. The Morgan fingerprint density at radius 3 is 1.38 bits per heavy atom. The predicted octanol–water partition coefficient (Wildman–Crippen LogP) is 6.83. The van der Waals surface area contributed by atoms with Gasteiger partial charge in [-0.1, -0.05) is 77.7 Å². The molecule has 0 radical (unpaired) electrons. The molecule has 0 aromatic carbocycles. The number of rotatable bonds is 12. The first-order chi connectivity index (χ1) is 9.95. The molecule has 0 aliphatic heterocycles. The summed E-state index contributed by atoms with van der Waals surface area (Å²) in [4.78, 5) is 0. The lowest BCUT2D eigenvalue weighted by Crippen LogP contribution is -2.37. The Hall–Kier alpha value is -0.560. The van der Waals surface area contributed by atoms with Gasteiger partial charge in [-0.2, -0.15) is 0 Å². The second-order valence-electron chi connectivity index (χ2n) is 6.52. The lowest BCUT2D eigenvalue weighted by molar-refractivity contribution is -0.0921. The molecule has 2 unspecified atom stereocenters. The Labute approximate surface area is 133 Å². The number of ether oxygens (including phenoxy) is 1. The Morgan fingerprint density at radius 2 is 1.10 bits per heavy atom. The summed E-state index contributed by atoms with van der Waals surface area (Å²) in [5.41, 5.74) is -0.318. The average Bonchev–Trinajstić information content (AvgIpc) is 2.48. The first kappa shape index (κ1) is 20.4. The molecule has 0 rings (SSSR count). The van der Waals surface area contributed by atoms with E-state index in [9.17, 15) is 0 Å². The topological polar surface area (TPSA) is 9.23 Å². The van der Waals surface area contributed by atoms with Gasteiger partial charge in [-0.05, 0) is 39.5 Å². The molecule has 0 aliphatic rings. The van der Waals surface area contributed by atoms with Crippen molar-refractivity contribution < 1.29 is 4.74 Å². The van der Waals surface area contributed by atoms with Crippen molar-refractivity contribution in [3.8, 4) is 0 Å². The fraction of sp³-hybridized carbons (Fsp3) is 0.800. The summed E-state index contributed by atoms with van der Waals surface area (Å²) in [7, 11) is 0. The van der Waals surface area contributed by atoms with Crippen LogP contribution in [0.15, 0.2) is 24.3 Å². The smallest absolute Gasteiger partial charge is 0.0843 e. The van der Waals surface area contributed by atoms with E-state index in [1.807, 2.05) is 0 Å². The fourth-order valence-corrected chi connectivity index (χ4v) is 2.29. The molecule has 0 saturated heterocycles. The third-order valence-electron chi connectivity index (χ3n) is 4.26. The molecule has 0 saturated carbocycles. The van der Waals surface area contributed by atoms with E-state index in [-0.39, 0.29) is 11.2 Å². The van der Waals surface area contributed by atoms with Crippen molar-refractivity contribution in [1.82, 2.24) is 0 Å². The zero-order valence-corrected chi connectivity index (χ0v) is 15.4. The number of hydrogen-bond donors (Lipinski definition) is 0. The van der Waals surface area contributed by atoms with Crippen LogP contribution in [0, 0.1) is 0 Å². The van der Waals surface area contributed by atoms with Gasteiger partial charge in [0.1, 0.15) is 0 Å². The van der Waals surface area contributed by atoms with E-state index in [2.05, 4.69) is 65.8 Å². The number of unbranched alkanes of at least 4 members (excludes halogenated alkanes) is 4. The zero-order valence-electron chi connectivity index (χ0n) is 15.4. The van der Waals surface area contributed by atoms with E-state index in [1.54, 1.807) is 0 Å². The van der Waals surface area contributed by atoms with Gasteiger partial charge in [0.05, 0.1) is 11.2 Å². The highest BCUT2D eigenvalue weighted by atomic mass is 16.5. The molecule has 1 heteroatoms. The average molecular weight is 295 g/mol. The highest BCUT2D eigenvalue weighted by Gasteiger charge is 2.29. The third-order valence-corrected chi connectivity index (χ3v) is 4.26. The van der Waals surface area contributed by atoms with Crippen LogP contribution in [0.4, 0.5) is 0 Å². The number of hydrogen-bond acceptors (Lipinski definition) is 1. The SMILES string of the molecule is CCCCC=CC(C)(CC)OC(C)(C=CCCCC)CC. The highest BCUT2D eigenvalue weighted by Crippen LogP contribution is 2.29. The maximum Gasteiger partial charge on any atom is 0.0843 e. The van der Waals surface area contributed by atoms with Crippen molar-refractivity contribution >= 4 is 0 Å². The van der Waals surface area contributed by atoms with Gasteiger partial charge >= 0.3 is 0 Å². The highest BCUT2D eigenvalue weighted by molar-refractivity contribution is 5.05. The molecule has 21 heavy (non-hydrogen) atoms. The summed E-state index contributed by atoms with van der Waals surface area (Å²) in [6.07, 6.45) is 18.5. The van der Waals surface area contributed by atoms with Crippen molar-refractivity contribution in [2.24, 2.45) is 0 Å². The maximum absolute atomic E-state index is 6.51. The minimum atomic E-state index is -0.159. The number of allylic oxidation sites excluding steroid dienone is 2. The standard InChI is InChI=1S/C20H38O/c1-7-11-13-15-17-19(5,9-3)21-20(6,10-4)18-16-14-12-8-2/h15-18H,7-14H2,1-6H3.